The Morgan fingerprint density at radius 1 is 0.467 bits per heavy atom. The van der Waals surface area contributed by atoms with Gasteiger partial charge >= 0.3 is 0 Å². The van der Waals surface area contributed by atoms with E-state index in [0.29, 0.717) is 21.8 Å². The van der Waals surface area contributed by atoms with Crippen molar-refractivity contribution in [3.63, 3.8) is 0 Å². The topological polar surface area (TPSA) is 74.8 Å². The normalized spacial score (nSPS) is 14.8. The van der Waals surface area contributed by atoms with Crippen molar-refractivity contribution in [2.24, 2.45) is 0 Å². The van der Waals surface area contributed by atoms with Crippen molar-refractivity contribution in [2.45, 2.75) is 38.5 Å². The number of fused-ring (bicyclic) bond motifs is 2. The largest absolute Gasteiger partial charge is 1.00 e. The molecule has 2 aromatic rings. The summed E-state index contributed by atoms with van der Waals surface area (Å²) >= 11 is 0. The predicted molar refractivity (Wildman–Crippen MR) is 155 cm³/mol. The van der Waals surface area contributed by atoms with Crippen molar-refractivity contribution in [3.8, 4) is 0 Å². The van der Waals surface area contributed by atoms with E-state index in [1.807, 2.05) is 0 Å². The molecule has 0 fully saturated rings. The Bertz CT molecular complexity index is 1290. The molecule has 0 aliphatic carbocycles. The number of imide groups is 2. The molecular formula is C32H40BrF4N4O4+. The number of amides is 4. The first-order chi connectivity index (χ1) is 20.6. The maximum atomic E-state index is 13.5. The van der Waals surface area contributed by atoms with Crippen LogP contribution in [0.2, 0.25) is 0 Å². The molecule has 0 radical (unpaired) electrons. The van der Waals surface area contributed by atoms with Crippen molar-refractivity contribution >= 4 is 23.6 Å². The van der Waals surface area contributed by atoms with Gasteiger partial charge in [0.15, 0.2) is 23.3 Å². The van der Waals surface area contributed by atoms with E-state index in [-0.39, 0.29) is 52.3 Å². The van der Waals surface area contributed by atoms with Gasteiger partial charge in [0.05, 0.1) is 76.6 Å². The number of nitrogens with zero attached hydrogens (tertiary/aromatic N) is 4. The molecule has 0 aromatic heterocycles. The Balaban J connectivity index is 0.00000552. The number of hydrogen-bond donors (Lipinski definition) is 0. The van der Waals surface area contributed by atoms with E-state index < -0.39 is 46.9 Å². The highest BCUT2D eigenvalue weighted by Crippen LogP contribution is 2.27. The van der Waals surface area contributed by atoms with Gasteiger partial charge in [-0.1, -0.05) is 0 Å². The summed E-state index contributed by atoms with van der Waals surface area (Å²) in [6.07, 6.45) is 5.24. The molecule has 45 heavy (non-hydrogen) atoms. The van der Waals surface area contributed by atoms with Crippen LogP contribution in [0, 0.1) is 23.3 Å². The average Bonchev–Trinajstić information content (AvgIpc) is 3.30. The first kappa shape index (κ1) is 36.3. The zero-order chi connectivity index (χ0) is 32.4. The molecule has 0 unspecified atom stereocenters. The van der Waals surface area contributed by atoms with Gasteiger partial charge in [-0.3, -0.25) is 29.0 Å². The van der Waals surface area contributed by atoms with Crippen LogP contribution in [0.25, 0.3) is 0 Å². The van der Waals surface area contributed by atoms with Gasteiger partial charge in [-0.2, -0.15) is 0 Å². The molecule has 8 nitrogen and oxygen atoms in total. The molecule has 0 saturated heterocycles. The number of rotatable bonds is 15. The second kappa shape index (κ2) is 14.5. The first-order valence-corrected chi connectivity index (χ1v) is 15.0. The number of quaternary nitrogens is 2. The van der Waals surface area contributed by atoms with E-state index in [1.54, 1.807) is 0 Å². The number of carbonyl (C=O) groups excluding carboxylic acids is 4. The smallest absolute Gasteiger partial charge is 0.261 e. The van der Waals surface area contributed by atoms with Crippen LogP contribution in [-0.4, -0.2) is 110 Å². The van der Waals surface area contributed by atoms with Gasteiger partial charge in [0.2, 0.25) is 0 Å². The Morgan fingerprint density at radius 3 is 0.978 bits per heavy atom. The molecule has 0 spiro atoms. The van der Waals surface area contributed by atoms with Crippen LogP contribution >= 0.6 is 0 Å². The summed E-state index contributed by atoms with van der Waals surface area (Å²) in [5.41, 5.74) is -0.378. The van der Waals surface area contributed by atoms with Crippen LogP contribution in [0.4, 0.5) is 17.6 Å². The van der Waals surface area contributed by atoms with Gasteiger partial charge in [-0.25, -0.2) is 17.6 Å². The first-order valence-electron chi connectivity index (χ1n) is 15.0. The SMILES string of the molecule is C[N+](C)(CCCCCC[N+](C)(C)CCCN1C(=O)c2cc(F)c(F)cc2C1=O)CCCN1C(=O)c2cc(F)c(F)cc2C1=O.[Br-]. The number of benzene rings is 2. The van der Waals surface area contributed by atoms with Gasteiger partial charge < -0.3 is 25.9 Å². The van der Waals surface area contributed by atoms with E-state index in [4.69, 9.17) is 0 Å². The second-order valence-electron chi connectivity index (χ2n) is 13.0. The maximum Gasteiger partial charge on any atom is 0.261 e. The monoisotopic (exact) mass is 699 g/mol. The molecule has 13 heteroatoms. The molecule has 4 rings (SSSR count). The van der Waals surface area contributed by atoms with E-state index in [9.17, 15) is 36.7 Å². The van der Waals surface area contributed by atoms with Crippen molar-refractivity contribution in [1.29, 1.82) is 0 Å². The third-order valence-electron chi connectivity index (χ3n) is 8.59. The van der Waals surface area contributed by atoms with Crippen molar-refractivity contribution in [2.75, 3.05) is 67.5 Å². The molecule has 2 aromatic carbocycles. The Morgan fingerprint density at radius 2 is 0.711 bits per heavy atom. The van der Waals surface area contributed by atoms with Crippen LogP contribution in [-0.2, 0) is 0 Å². The fourth-order valence-corrected chi connectivity index (χ4v) is 5.94. The van der Waals surface area contributed by atoms with Crippen LogP contribution in [0.15, 0.2) is 24.3 Å². The van der Waals surface area contributed by atoms with E-state index in [1.165, 1.54) is 0 Å². The molecule has 0 N–H and O–H groups in total. The fraction of sp³-hybridized carbons (Fsp3) is 0.500. The zero-order valence-electron chi connectivity index (χ0n) is 26.1. The molecule has 246 valence electrons. The molecule has 2 aliphatic heterocycles. The van der Waals surface area contributed by atoms with Crippen molar-refractivity contribution < 1.29 is 62.7 Å². The minimum absolute atomic E-state index is 0. The lowest BCUT2D eigenvalue weighted by molar-refractivity contribution is -0.891. The highest BCUT2D eigenvalue weighted by atomic mass is 79.9. The van der Waals surface area contributed by atoms with Crippen LogP contribution < -0.4 is 17.0 Å². The average molecular weight is 701 g/mol. The van der Waals surface area contributed by atoms with Crippen molar-refractivity contribution in [3.05, 3.63) is 69.8 Å². The summed E-state index contributed by atoms with van der Waals surface area (Å²) in [6, 6.07) is 3.16. The summed E-state index contributed by atoms with van der Waals surface area (Å²) < 4.78 is 55.6. The summed E-state index contributed by atoms with van der Waals surface area (Å²) in [5.74, 6) is -6.95. The molecule has 2 heterocycles. The Hall–Kier alpha value is -3.16. The molecule has 4 amide bonds. The molecule has 2 aliphatic rings. The summed E-state index contributed by atoms with van der Waals surface area (Å²) in [4.78, 5) is 52.3. The second-order valence-corrected chi connectivity index (χ2v) is 13.0. The van der Waals surface area contributed by atoms with Gasteiger partial charge in [0.25, 0.3) is 23.6 Å². The van der Waals surface area contributed by atoms with Gasteiger partial charge in [-0.05, 0) is 49.9 Å². The Labute approximate surface area is 271 Å². The minimum Gasteiger partial charge on any atom is -1.00 e. The number of unbranched alkanes of at least 4 members (excludes halogenated alkanes) is 3. The lowest BCUT2D eigenvalue weighted by atomic mass is 10.1. The summed E-state index contributed by atoms with van der Waals surface area (Å²) in [7, 11) is 8.37. The number of halogens is 5. The molecule has 0 atom stereocenters. The lowest BCUT2D eigenvalue weighted by Gasteiger charge is -2.31. The molecular weight excluding hydrogens is 660 g/mol. The number of carbonyl (C=O) groups is 4. The van der Waals surface area contributed by atoms with Gasteiger partial charge in [0.1, 0.15) is 0 Å². The third-order valence-corrected chi connectivity index (χ3v) is 8.59. The predicted octanol–water partition coefficient (Wildman–Crippen LogP) is 1.63. The van der Waals surface area contributed by atoms with Crippen molar-refractivity contribution in [1.82, 2.24) is 9.80 Å². The van der Waals surface area contributed by atoms with Crippen LogP contribution in [0.3, 0.4) is 0 Å². The molecule has 0 bridgehead atoms. The number of hydrogen-bond acceptors (Lipinski definition) is 4. The maximum absolute atomic E-state index is 13.5. The lowest BCUT2D eigenvalue weighted by Crippen LogP contribution is -3.00. The molecule has 0 saturated carbocycles. The summed E-state index contributed by atoms with van der Waals surface area (Å²) in [5, 5.41) is 0. The zero-order valence-corrected chi connectivity index (χ0v) is 27.7. The van der Waals surface area contributed by atoms with Crippen LogP contribution in [0.5, 0.6) is 0 Å². The minimum atomic E-state index is -1.15. The standard InChI is InChI=1S/C32H40F4N4O4.BrH/c1-39(2,15-9-11-37-29(41)21-17-25(33)26(34)18-22(21)30(37)42)13-7-5-6-8-14-40(3,4)16-10-12-38-31(43)23-19-27(35)28(36)20-24(23)32(38)44;/h17-20H,5-16H2,1-4H3;1H/q+2;/p-1. The Kier molecular flexibility index (Phi) is 11.7. The fourth-order valence-electron chi connectivity index (χ4n) is 5.94. The summed E-state index contributed by atoms with van der Waals surface area (Å²) in [6.45, 7) is 3.69. The third kappa shape index (κ3) is 8.36. The van der Waals surface area contributed by atoms with Gasteiger partial charge in [-0.15, -0.1) is 0 Å². The van der Waals surface area contributed by atoms with Gasteiger partial charge in [0, 0.05) is 25.9 Å². The van der Waals surface area contributed by atoms with Crippen LogP contribution in [0.1, 0.15) is 80.0 Å². The van der Waals surface area contributed by atoms with E-state index in [2.05, 4.69) is 28.2 Å². The van der Waals surface area contributed by atoms with E-state index >= 15 is 0 Å². The highest BCUT2D eigenvalue weighted by Gasteiger charge is 2.38. The highest BCUT2D eigenvalue weighted by molar-refractivity contribution is 6.22. The van der Waals surface area contributed by atoms with E-state index in [0.717, 1.165) is 85.9 Å². The quantitative estimate of drug-likeness (QED) is 0.123.